The highest BCUT2D eigenvalue weighted by molar-refractivity contribution is 7.88. The minimum absolute atomic E-state index is 0.0288. The first kappa shape index (κ1) is 15.3. The molecule has 2 rings (SSSR count). The second-order valence-corrected chi connectivity index (χ2v) is 7.50. The molecule has 1 saturated carbocycles. The summed E-state index contributed by atoms with van der Waals surface area (Å²) in [5.41, 5.74) is 7.02. The third-order valence-corrected chi connectivity index (χ3v) is 5.51. The molecule has 0 saturated heterocycles. The van der Waals surface area contributed by atoms with Crippen LogP contribution in [0.25, 0.3) is 0 Å². The summed E-state index contributed by atoms with van der Waals surface area (Å²) in [5.74, 6) is 0.800. The molecule has 4 nitrogen and oxygen atoms in total. The fourth-order valence-electron chi connectivity index (χ4n) is 2.82. The topological polar surface area (TPSA) is 72.2 Å². The van der Waals surface area contributed by atoms with Gasteiger partial charge in [0.2, 0.25) is 10.0 Å². The number of anilines is 1. The number of sulfonamides is 1. The zero-order chi connectivity index (χ0) is 14.6. The van der Waals surface area contributed by atoms with Crippen molar-refractivity contribution in [3.8, 4) is 0 Å². The monoisotopic (exact) mass is 296 g/mol. The van der Waals surface area contributed by atoms with Crippen molar-refractivity contribution in [2.24, 2.45) is 5.92 Å². The molecule has 1 fully saturated rings. The summed E-state index contributed by atoms with van der Waals surface area (Å²) in [4.78, 5) is 0. The van der Waals surface area contributed by atoms with Gasteiger partial charge in [0.1, 0.15) is 0 Å². The summed E-state index contributed by atoms with van der Waals surface area (Å²) in [7, 11) is -3.26. The molecule has 0 bridgehead atoms. The average molecular weight is 296 g/mol. The van der Waals surface area contributed by atoms with E-state index in [1.165, 1.54) is 6.42 Å². The standard InChI is InChI=1S/C15H24N2O2S/c1-2-12-5-9-15(10-6-12)17-20(18,19)11-13-3-7-14(16)8-4-13/h3-4,7-8,12,15,17H,2,5-6,9-11,16H2,1H3. The minimum Gasteiger partial charge on any atom is -0.399 e. The number of hydrogen-bond acceptors (Lipinski definition) is 3. The molecule has 0 unspecified atom stereocenters. The maximum atomic E-state index is 12.2. The van der Waals surface area contributed by atoms with Crippen LogP contribution in [0.15, 0.2) is 24.3 Å². The molecule has 0 spiro atoms. The zero-order valence-corrected chi connectivity index (χ0v) is 12.8. The van der Waals surface area contributed by atoms with Gasteiger partial charge in [-0.15, -0.1) is 0 Å². The van der Waals surface area contributed by atoms with Crippen LogP contribution in [0.4, 0.5) is 5.69 Å². The van der Waals surface area contributed by atoms with Gasteiger partial charge in [0.15, 0.2) is 0 Å². The third-order valence-electron chi connectivity index (χ3n) is 4.11. The Balaban J connectivity index is 1.89. The van der Waals surface area contributed by atoms with Crippen molar-refractivity contribution in [1.82, 2.24) is 4.72 Å². The van der Waals surface area contributed by atoms with E-state index in [1.54, 1.807) is 24.3 Å². The number of nitrogens with one attached hydrogen (secondary N) is 1. The van der Waals surface area contributed by atoms with Gasteiger partial charge in [-0.05, 0) is 49.3 Å². The van der Waals surface area contributed by atoms with Crippen LogP contribution in [0, 0.1) is 5.92 Å². The summed E-state index contributed by atoms with van der Waals surface area (Å²) >= 11 is 0. The Morgan fingerprint density at radius 1 is 1.15 bits per heavy atom. The minimum atomic E-state index is -3.26. The molecule has 0 heterocycles. The number of hydrogen-bond donors (Lipinski definition) is 2. The van der Waals surface area contributed by atoms with Crippen molar-refractivity contribution in [3.63, 3.8) is 0 Å². The summed E-state index contributed by atoms with van der Waals surface area (Å²) in [6.07, 6.45) is 5.38. The highest BCUT2D eigenvalue weighted by Gasteiger charge is 2.24. The van der Waals surface area contributed by atoms with Crippen molar-refractivity contribution in [2.45, 2.75) is 50.8 Å². The summed E-state index contributed by atoms with van der Waals surface area (Å²) in [6.45, 7) is 2.20. The summed E-state index contributed by atoms with van der Waals surface area (Å²) < 4.78 is 27.2. The van der Waals surface area contributed by atoms with E-state index in [4.69, 9.17) is 5.73 Å². The molecule has 0 aliphatic heterocycles. The summed E-state index contributed by atoms with van der Waals surface area (Å²) in [6, 6.07) is 7.11. The molecule has 3 N–H and O–H groups in total. The molecule has 20 heavy (non-hydrogen) atoms. The first-order chi connectivity index (χ1) is 9.48. The lowest BCUT2D eigenvalue weighted by Crippen LogP contribution is -2.38. The van der Waals surface area contributed by atoms with E-state index in [0.717, 1.165) is 37.2 Å². The number of nitrogen functional groups attached to an aromatic ring is 1. The van der Waals surface area contributed by atoms with Gasteiger partial charge >= 0.3 is 0 Å². The SMILES string of the molecule is CCC1CCC(NS(=O)(=O)Cc2ccc(N)cc2)CC1. The van der Waals surface area contributed by atoms with Gasteiger partial charge in [0, 0.05) is 11.7 Å². The second kappa shape index (κ2) is 6.59. The molecule has 1 aromatic rings. The van der Waals surface area contributed by atoms with E-state index < -0.39 is 10.0 Å². The van der Waals surface area contributed by atoms with Gasteiger partial charge in [-0.3, -0.25) is 0 Å². The number of nitrogens with two attached hydrogens (primary N) is 1. The molecule has 5 heteroatoms. The maximum absolute atomic E-state index is 12.2. The van der Waals surface area contributed by atoms with Crippen LogP contribution in [0.2, 0.25) is 0 Å². The molecule has 1 aliphatic rings. The Bertz CT molecular complexity index is 517. The smallest absolute Gasteiger partial charge is 0.216 e. The molecular formula is C15H24N2O2S. The Morgan fingerprint density at radius 3 is 2.30 bits per heavy atom. The first-order valence-corrected chi connectivity index (χ1v) is 8.98. The maximum Gasteiger partial charge on any atom is 0.216 e. The molecule has 1 aliphatic carbocycles. The predicted octanol–water partition coefficient (Wildman–Crippen LogP) is 2.66. The fraction of sp³-hybridized carbons (Fsp3) is 0.600. The van der Waals surface area contributed by atoms with Crippen molar-refractivity contribution >= 4 is 15.7 Å². The van der Waals surface area contributed by atoms with Crippen LogP contribution in [0.3, 0.4) is 0 Å². The van der Waals surface area contributed by atoms with E-state index in [-0.39, 0.29) is 11.8 Å². The first-order valence-electron chi connectivity index (χ1n) is 7.33. The average Bonchev–Trinajstić information content (AvgIpc) is 2.41. The third kappa shape index (κ3) is 4.49. The Hall–Kier alpha value is -1.07. The van der Waals surface area contributed by atoms with Crippen molar-refractivity contribution in [2.75, 3.05) is 5.73 Å². The van der Waals surface area contributed by atoms with E-state index >= 15 is 0 Å². The highest BCUT2D eigenvalue weighted by atomic mass is 32.2. The molecule has 112 valence electrons. The largest absolute Gasteiger partial charge is 0.399 e. The van der Waals surface area contributed by atoms with Crippen molar-refractivity contribution in [3.05, 3.63) is 29.8 Å². The summed E-state index contributed by atoms with van der Waals surface area (Å²) in [5, 5.41) is 0. The van der Waals surface area contributed by atoms with Crippen LogP contribution in [0.5, 0.6) is 0 Å². The van der Waals surface area contributed by atoms with E-state index in [2.05, 4.69) is 11.6 Å². The lowest BCUT2D eigenvalue weighted by molar-refractivity contribution is 0.306. The normalized spacial score (nSPS) is 23.6. The predicted molar refractivity (Wildman–Crippen MR) is 82.7 cm³/mol. The van der Waals surface area contributed by atoms with Gasteiger partial charge in [-0.2, -0.15) is 0 Å². The highest BCUT2D eigenvalue weighted by Crippen LogP contribution is 2.27. The van der Waals surface area contributed by atoms with Crippen LogP contribution < -0.4 is 10.5 Å². The van der Waals surface area contributed by atoms with Crippen LogP contribution in [-0.4, -0.2) is 14.5 Å². The molecule has 0 radical (unpaired) electrons. The van der Waals surface area contributed by atoms with Crippen LogP contribution in [-0.2, 0) is 15.8 Å². The van der Waals surface area contributed by atoms with E-state index in [9.17, 15) is 8.42 Å². The van der Waals surface area contributed by atoms with Crippen LogP contribution >= 0.6 is 0 Å². The molecule has 0 aromatic heterocycles. The quantitative estimate of drug-likeness (QED) is 0.821. The van der Waals surface area contributed by atoms with E-state index in [0.29, 0.717) is 5.69 Å². The second-order valence-electron chi connectivity index (χ2n) is 5.74. The lowest BCUT2D eigenvalue weighted by atomic mass is 9.85. The molecule has 1 aromatic carbocycles. The number of rotatable bonds is 5. The van der Waals surface area contributed by atoms with Crippen LogP contribution in [0.1, 0.15) is 44.6 Å². The molecular weight excluding hydrogens is 272 g/mol. The van der Waals surface area contributed by atoms with Gasteiger partial charge in [-0.1, -0.05) is 25.5 Å². The number of benzene rings is 1. The molecule has 0 amide bonds. The molecule has 0 atom stereocenters. The van der Waals surface area contributed by atoms with Gasteiger partial charge in [-0.25, -0.2) is 13.1 Å². The fourth-order valence-corrected chi connectivity index (χ4v) is 4.28. The van der Waals surface area contributed by atoms with Gasteiger partial charge in [0.25, 0.3) is 0 Å². The Labute approximate surface area is 121 Å². The van der Waals surface area contributed by atoms with Gasteiger partial charge < -0.3 is 5.73 Å². The van der Waals surface area contributed by atoms with Crippen molar-refractivity contribution in [1.29, 1.82) is 0 Å². The zero-order valence-electron chi connectivity index (χ0n) is 12.0. The Kier molecular flexibility index (Phi) is 5.05. The lowest BCUT2D eigenvalue weighted by Gasteiger charge is -2.28. The van der Waals surface area contributed by atoms with Gasteiger partial charge in [0.05, 0.1) is 5.75 Å². The van der Waals surface area contributed by atoms with E-state index in [1.807, 2.05) is 0 Å². The van der Waals surface area contributed by atoms with Crippen molar-refractivity contribution < 1.29 is 8.42 Å². The Morgan fingerprint density at radius 2 is 1.75 bits per heavy atom.